The number of hydrogen-bond donors (Lipinski definition) is 0. The van der Waals surface area contributed by atoms with Crippen LogP contribution in [0.2, 0.25) is 0 Å². The Kier molecular flexibility index (Phi) is 4.17. The highest BCUT2D eigenvalue weighted by Crippen LogP contribution is 2.36. The van der Waals surface area contributed by atoms with E-state index in [1.807, 2.05) is 31.2 Å². The molecular weight excluding hydrogens is 355 g/mol. The number of carbonyl (C=O) groups is 1. The van der Waals surface area contributed by atoms with E-state index >= 15 is 0 Å². The molecule has 0 spiro atoms. The van der Waals surface area contributed by atoms with Crippen molar-refractivity contribution < 1.29 is 18.0 Å². The van der Waals surface area contributed by atoms with Crippen LogP contribution in [-0.2, 0) is 17.5 Å². The molecule has 0 aliphatic carbocycles. The molecule has 0 saturated carbocycles. The summed E-state index contributed by atoms with van der Waals surface area (Å²) in [6.07, 6.45) is -4.20. The van der Waals surface area contributed by atoms with E-state index in [1.165, 1.54) is 17.0 Å². The Balaban J connectivity index is 1.68. The van der Waals surface area contributed by atoms with Crippen LogP contribution in [0.25, 0.3) is 11.0 Å². The molecule has 3 aromatic rings. The number of aromatic nitrogens is 2. The molecule has 0 unspecified atom stereocenters. The van der Waals surface area contributed by atoms with Gasteiger partial charge >= 0.3 is 6.18 Å². The minimum absolute atomic E-state index is 0.153. The molecule has 0 N–H and O–H groups in total. The second-order valence-corrected chi connectivity index (χ2v) is 6.66. The first-order valence-corrected chi connectivity index (χ1v) is 8.81. The molecule has 27 heavy (non-hydrogen) atoms. The molecule has 1 atom stereocenters. The van der Waals surface area contributed by atoms with E-state index in [4.69, 9.17) is 0 Å². The molecule has 4 rings (SSSR count). The third kappa shape index (κ3) is 3.07. The van der Waals surface area contributed by atoms with Crippen LogP contribution in [0, 0.1) is 0 Å². The number of carbonyl (C=O) groups excluding carboxylic acids is 1. The molecule has 2 heterocycles. The Labute approximate surface area is 154 Å². The summed E-state index contributed by atoms with van der Waals surface area (Å²) in [6.45, 7) is 3.05. The zero-order valence-corrected chi connectivity index (χ0v) is 14.7. The molecule has 0 radical (unpaired) electrons. The smallest absolute Gasteiger partial charge is 0.328 e. The fourth-order valence-corrected chi connectivity index (χ4v) is 3.72. The van der Waals surface area contributed by atoms with E-state index in [0.29, 0.717) is 13.1 Å². The molecule has 140 valence electrons. The number of rotatable bonds is 3. The van der Waals surface area contributed by atoms with Gasteiger partial charge < -0.3 is 9.47 Å². The first-order chi connectivity index (χ1) is 12.9. The molecule has 0 bridgehead atoms. The lowest BCUT2D eigenvalue weighted by atomic mass is 10.1. The highest BCUT2D eigenvalue weighted by atomic mass is 19.4. The fourth-order valence-electron chi connectivity index (χ4n) is 3.72. The molecule has 2 aromatic carbocycles. The normalized spacial score (nSPS) is 17.9. The van der Waals surface area contributed by atoms with Gasteiger partial charge in [-0.25, -0.2) is 4.98 Å². The quantitative estimate of drug-likeness (QED) is 0.673. The molecule has 1 amide bonds. The van der Waals surface area contributed by atoms with Crippen molar-refractivity contribution in [1.29, 1.82) is 0 Å². The van der Waals surface area contributed by atoms with Gasteiger partial charge in [0, 0.05) is 31.1 Å². The number of aryl methyl sites for hydroxylation is 1. The van der Waals surface area contributed by atoms with Gasteiger partial charge in [-0.15, -0.1) is 0 Å². The molecule has 1 aromatic heterocycles. The zero-order valence-electron chi connectivity index (χ0n) is 14.7. The van der Waals surface area contributed by atoms with Crippen molar-refractivity contribution in [2.75, 3.05) is 11.4 Å². The van der Waals surface area contributed by atoms with Gasteiger partial charge in [0.2, 0.25) is 5.91 Å². The third-order valence-corrected chi connectivity index (χ3v) is 4.98. The zero-order chi connectivity index (χ0) is 19.2. The maximum atomic E-state index is 13.0. The van der Waals surface area contributed by atoms with Crippen LogP contribution >= 0.6 is 0 Å². The summed E-state index contributed by atoms with van der Waals surface area (Å²) in [7, 11) is 0. The van der Waals surface area contributed by atoms with Crippen molar-refractivity contribution in [1.82, 2.24) is 9.55 Å². The van der Waals surface area contributed by atoms with Crippen LogP contribution in [-0.4, -0.2) is 22.0 Å². The van der Waals surface area contributed by atoms with Crippen molar-refractivity contribution in [2.45, 2.75) is 32.0 Å². The van der Waals surface area contributed by atoms with Gasteiger partial charge in [-0.05, 0) is 37.3 Å². The van der Waals surface area contributed by atoms with E-state index in [2.05, 4.69) is 9.55 Å². The molecular formula is C20H18F3N3O. The van der Waals surface area contributed by atoms with Gasteiger partial charge in [0.15, 0.2) is 0 Å². The van der Waals surface area contributed by atoms with E-state index in [0.717, 1.165) is 29.0 Å². The average Bonchev–Trinajstić information content (AvgIpc) is 3.21. The Morgan fingerprint density at radius 1 is 1.15 bits per heavy atom. The van der Waals surface area contributed by atoms with Crippen LogP contribution in [0.5, 0.6) is 0 Å². The van der Waals surface area contributed by atoms with Crippen molar-refractivity contribution in [3.63, 3.8) is 0 Å². The third-order valence-electron chi connectivity index (χ3n) is 4.98. The summed E-state index contributed by atoms with van der Waals surface area (Å²) in [5.41, 5.74) is 1.38. The lowest BCUT2D eigenvalue weighted by Crippen LogP contribution is -2.25. The maximum Gasteiger partial charge on any atom is 0.416 e. The first kappa shape index (κ1) is 17.6. The van der Waals surface area contributed by atoms with Gasteiger partial charge in [0.05, 0.1) is 16.6 Å². The standard InChI is InChI=1S/C20H18F3N3O/c1-2-25-17-9-4-3-8-16(17)24-19(25)13-10-18(27)26(12-13)15-7-5-6-14(11-15)20(21,22)23/h3-9,11,13H,2,10,12H2,1H3/t13-/m1/s1. The number of hydrogen-bond acceptors (Lipinski definition) is 2. The minimum Gasteiger partial charge on any atom is -0.328 e. The largest absolute Gasteiger partial charge is 0.416 e. The lowest BCUT2D eigenvalue weighted by molar-refractivity contribution is -0.137. The highest BCUT2D eigenvalue weighted by Gasteiger charge is 2.36. The van der Waals surface area contributed by atoms with E-state index < -0.39 is 11.7 Å². The number of imidazole rings is 1. The summed E-state index contributed by atoms with van der Waals surface area (Å²) in [5.74, 6) is 0.468. The van der Waals surface area contributed by atoms with Crippen LogP contribution in [0.4, 0.5) is 18.9 Å². The molecule has 7 heteroatoms. The number of halogens is 3. The van der Waals surface area contributed by atoms with Crippen LogP contribution in [0.3, 0.4) is 0 Å². The SMILES string of the molecule is CCn1c([C@@H]2CC(=O)N(c3cccc(C(F)(F)F)c3)C2)nc2ccccc21. The molecule has 1 aliphatic rings. The molecule has 1 saturated heterocycles. The van der Waals surface area contributed by atoms with Gasteiger partial charge in [0.25, 0.3) is 0 Å². The van der Waals surface area contributed by atoms with Crippen molar-refractivity contribution in [2.24, 2.45) is 0 Å². The molecule has 1 aliphatic heterocycles. The molecule has 1 fully saturated rings. The number of amides is 1. The number of fused-ring (bicyclic) bond motifs is 1. The number of para-hydroxylation sites is 2. The predicted octanol–water partition coefficient (Wildman–Crippen LogP) is 4.60. The summed E-state index contributed by atoms with van der Waals surface area (Å²) < 4.78 is 41.1. The van der Waals surface area contributed by atoms with Gasteiger partial charge in [0.1, 0.15) is 5.82 Å². The van der Waals surface area contributed by atoms with Gasteiger partial charge in [-0.2, -0.15) is 13.2 Å². The molecule has 4 nitrogen and oxygen atoms in total. The van der Waals surface area contributed by atoms with Crippen LogP contribution < -0.4 is 4.90 Å². The maximum absolute atomic E-state index is 13.0. The summed E-state index contributed by atoms with van der Waals surface area (Å²) in [4.78, 5) is 18.7. The van der Waals surface area contributed by atoms with E-state index in [9.17, 15) is 18.0 Å². The number of anilines is 1. The first-order valence-electron chi connectivity index (χ1n) is 8.81. The van der Waals surface area contributed by atoms with Gasteiger partial charge in [-0.1, -0.05) is 18.2 Å². The van der Waals surface area contributed by atoms with Crippen LogP contribution in [0.1, 0.15) is 30.7 Å². The second kappa shape index (κ2) is 6.40. The van der Waals surface area contributed by atoms with Gasteiger partial charge in [-0.3, -0.25) is 4.79 Å². The predicted molar refractivity (Wildman–Crippen MR) is 96.6 cm³/mol. The average molecular weight is 373 g/mol. The van der Waals surface area contributed by atoms with E-state index in [-0.39, 0.29) is 23.9 Å². The summed E-state index contributed by atoms with van der Waals surface area (Å²) in [6, 6.07) is 12.7. The monoisotopic (exact) mass is 373 g/mol. The Hall–Kier alpha value is -2.83. The van der Waals surface area contributed by atoms with Crippen LogP contribution in [0.15, 0.2) is 48.5 Å². The number of alkyl halides is 3. The summed E-state index contributed by atoms with van der Waals surface area (Å²) >= 11 is 0. The van der Waals surface area contributed by atoms with Crippen molar-refractivity contribution in [3.8, 4) is 0 Å². The Morgan fingerprint density at radius 3 is 2.67 bits per heavy atom. The Bertz CT molecular complexity index is 1010. The topological polar surface area (TPSA) is 38.1 Å². The minimum atomic E-state index is -4.44. The number of nitrogens with zero attached hydrogens (tertiary/aromatic N) is 3. The summed E-state index contributed by atoms with van der Waals surface area (Å²) in [5, 5.41) is 0. The Morgan fingerprint density at radius 2 is 1.93 bits per heavy atom. The van der Waals surface area contributed by atoms with Crippen molar-refractivity contribution >= 4 is 22.6 Å². The van der Waals surface area contributed by atoms with Crippen molar-refractivity contribution in [3.05, 3.63) is 59.9 Å². The number of benzene rings is 2. The fraction of sp³-hybridized carbons (Fsp3) is 0.300. The highest BCUT2D eigenvalue weighted by molar-refractivity contribution is 5.96. The van der Waals surface area contributed by atoms with E-state index in [1.54, 1.807) is 0 Å². The second-order valence-electron chi connectivity index (χ2n) is 6.66. The lowest BCUT2D eigenvalue weighted by Gasteiger charge is -2.18.